The minimum Gasteiger partial charge on any atom is -0.444 e. The van der Waals surface area contributed by atoms with Gasteiger partial charge in [-0.1, -0.05) is 32.1 Å². The number of ether oxygens (including phenoxy) is 1. The van der Waals surface area contributed by atoms with Gasteiger partial charge in [0.25, 0.3) is 0 Å². The predicted octanol–water partition coefficient (Wildman–Crippen LogP) is 2.63. The molecule has 1 aliphatic carbocycles. The number of carbonyl (C=O) groups is 3. The van der Waals surface area contributed by atoms with Crippen LogP contribution in [-0.2, 0) is 14.3 Å². The van der Waals surface area contributed by atoms with Crippen molar-refractivity contribution in [3.05, 3.63) is 0 Å². The van der Waals surface area contributed by atoms with Crippen LogP contribution in [0.2, 0.25) is 0 Å². The van der Waals surface area contributed by atoms with Crippen molar-refractivity contribution in [2.75, 3.05) is 7.05 Å². The second-order valence-electron chi connectivity index (χ2n) is 7.96. The van der Waals surface area contributed by atoms with Crippen molar-refractivity contribution in [3.63, 3.8) is 0 Å². The van der Waals surface area contributed by atoms with Crippen molar-refractivity contribution in [2.24, 2.45) is 0 Å². The zero-order valence-electron chi connectivity index (χ0n) is 16.7. The molecule has 7 heteroatoms. The van der Waals surface area contributed by atoms with Gasteiger partial charge in [-0.3, -0.25) is 14.9 Å². The van der Waals surface area contributed by atoms with E-state index < -0.39 is 0 Å². The third kappa shape index (κ3) is 9.75. The molecule has 3 N–H and O–H groups in total. The van der Waals surface area contributed by atoms with Gasteiger partial charge < -0.3 is 15.4 Å². The average molecular weight is 370 g/mol. The Morgan fingerprint density at radius 1 is 1.04 bits per heavy atom. The van der Waals surface area contributed by atoms with Crippen LogP contribution in [0.1, 0.15) is 78.6 Å². The lowest BCUT2D eigenvalue weighted by Crippen LogP contribution is -2.53. The summed E-state index contributed by atoms with van der Waals surface area (Å²) in [6.45, 7) is 5.46. The molecule has 26 heavy (non-hydrogen) atoms. The lowest BCUT2D eigenvalue weighted by atomic mass is 9.95. The van der Waals surface area contributed by atoms with Crippen molar-refractivity contribution in [1.29, 1.82) is 0 Å². The van der Waals surface area contributed by atoms with Gasteiger partial charge in [0.2, 0.25) is 11.8 Å². The molecule has 0 aromatic heterocycles. The standard InChI is InChI=1S/C13H22N2O2.C6H13NO2/c16-12-9-8-11(13(17)15-12)14-10-6-4-2-1-3-5-7-10;1-6(2,3)9-5(8)7-4/h10-11,14H,1-9H2,(H,15,16,17);1-4H3,(H,7,8). The molecule has 3 amide bonds. The summed E-state index contributed by atoms with van der Waals surface area (Å²) in [7, 11) is 1.54. The summed E-state index contributed by atoms with van der Waals surface area (Å²) in [4.78, 5) is 33.2. The van der Waals surface area contributed by atoms with Gasteiger partial charge in [-0.05, 0) is 40.0 Å². The van der Waals surface area contributed by atoms with Gasteiger partial charge in [0.1, 0.15) is 5.60 Å². The molecule has 1 heterocycles. The van der Waals surface area contributed by atoms with E-state index in [1.165, 1.54) is 39.2 Å². The topological polar surface area (TPSA) is 96.5 Å². The third-order valence-corrected chi connectivity index (χ3v) is 4.38. The maximum absolute atomic E-state index is 11.6. The molecule has 0 aromatic carbocycles. The fraction of sp³-hybridized carbons (Fsp3) is 0.842. The molecule has 0 aromatic rings. The van der Waals surface area contributed by atoms with Gasteiger partial charge in [-0.2, -0.15) is 0 Å². The zero-order valence-corrected chi connectivity index (χ0v) is 16.7. The van der Waals surface area contributed by atoms with E-state index in [2.05, 4.69) is 16.0 Å². The smallest absolute Gasteiger partial charge is 0.407 e. The number of hydrogen-bond acceptors (Lipinski definition) is 5. The molecule has 2 fully saturated rings. The quantitative estimate of drug-likeness (QED) is 0.650. The molecule has 1 atom stereocenters. The Bertz CT molecular complexity index is 466. The number of carbonyl (C=O) groups excluding carboxylic acids is 3. The second-order valence-corrected chi connectivity index (χ2v) is 7.96. The highest BCUT2D eigenvalue weighted by atomic mass is 16.6. The highest BCUT2D eigenvalue weighted by Crippen LogP contribution is 2.18. The highest BCUT2D eigenvalue weighted by Gasteiger charge is 2.28. The molecule has 2 aliphatic rings. The first-order valence-corrected chi connectivity index (χ1v) is 9.71. The maximum Gasteiger partial charge on any atom is 0.407 e. The molecule has 1 saturated heterocycles. The molecule has 1 unspecified atom stereocenters. The molecule has 0 spiro atoms. The minimum absolute atomic E-state index is 0.134. The van der Waals surface area contributed by atoms with E-state index in [1.54, 1.807) is 0 Å². The minimum atomic E-state index is -0.389. The lowest BCUT2D eigenvalue weighted by molar-refractivity contribution is -0.134. The summed E-state index contributed by atoms with van der Waals surface area (Å²) < 4.78 is 4.84. The fourth-order valence-electron chi connectivity index (χ4n) is 3.09. The van der Waals surface area contributed by atoms with Crippen LogP contribution in [-0.4, -0.2) is 42.6 Å². The number of imide groups is 1. The largest absolute Gasteiger partial charge is 0.444 e. The second kappa shape index (κ2) is 11.2. The molecule has 150 valence electrons. The van der Waals surface area contributed by atoms with Gasteiger partial charge in [0.05, 0.1) is 6.04 Å². The summed E-state index contributed by atoms with van der Waals surface area (Å²) in [6.07, 6.45) is 9.55. The van der Waals surface area contributed by atoms with E-state index in [-0.39, 0.29) is 29.6 Å². The van der Waals surface area contributed by atoms with Crippen LogP contribution >= 0.6 is 0 Å². The molecule has 1 saturated carbocycles. The van der Waals surface area contributed by atoms with Crippen LogP contribution in [0, 0.1) is 0 Å². The van der Waals surface area contributed by atoms with Crippen LogP contribution in [0.4, 0.5) is 4.79 Å². The van der Waals surface area contributed by atoms with Crippen LogP contribution in [0.15, 0.2) is 0 Å². The van der Waals surface area contributed by atoms with Gasteiger partial charge in [-0.25, -0.2) is 4.79 Å². The summed E-state index contributed by atoms with van der Waals surface area (Å²) >= 11 is 0. The highest BCUT2D eigenvalue weighted by molar-refractivity contribution is 6.00. The average Bonchev–Trinajstić information content (AvgIpc) is 2.51. The molecule has 0 radical (unpaired) electrons. The summed E-state index contributed by atoms with van der Waals surface area (Å²) in [5.41, 5.74) is -0.389. The van der Waals surface area contributed by atoms with E-state index in [9.17, 15) is 14.4 Å². The fourth-order valence-corrected chi connectivity index (χ4v) is 3.09. The number of hydrogen-bond donors (Lipinski definition) is 3. The van der Waals surface area contributed by atoms with Crippen molar-refractivity contribution in [1.82, 2.24) is 16.0 Å². The monoisotopic (exact) mass is 369 g/mol. The SMILES string of the molecule is CNC(=O)OC(C)(C)C.O=C1CCC(NC2CCCCCCC2)C(=O)N1. The molecule has 1 aliphatic heterocycles. The first-order chi connectivity index (χ1) is 12.2. The lowest BCUT2D eigenvalue weighted by Gasteiger charge is -2.28. The Balaban J connectivity index is 0.000000321. The number of alkyl carbamates (subject to hydrolysis) is 1. The van der Waals surface area contributed by atoms with E-state index in [0.29, 0.717) is 18.9 Å². The Morgan fingerprint density at radius 2 is 1.62 bits per heavy atom. The van der Waals surface area contributed by atoms with Gasteiger partial charge >= 0.3 is 6.09 Å². The predicted molar refractivity (Wildman–Crippen MR) is 101 cm³/mol. The van der Waals surface area contributed by atoms with Gasteiger partial charge in [0, 0.05) is 19.5 Å². The maximum atomic E-state index is 11.6. The van der Waals surface area contributed by atoms with E-state index in [1.807, 2.05) is 20.8 Å². The first kappa shape index (κ1) is 22.4. The van der Waals surface area contributed by atoms with Crippen LogP contribution in [0.3, 0.4) is 0 Å². The van der Waals surface area contributed by atoms with Crippen molar-refractivity contribution < 1.29 is 19.1 Å². The number of nitrogens with one attached hydrogen (secondary N) is 3. The summed E-state index contributed by atoms with van der Waals surface area (Å²) in [5.74, 6) is -0.269. The number of rotatable bonds is 2. The Hall–Kier alpha value is -1.63. The molecule has 7 nitrogen and oxygen atoms in total. The van der Waals surface area contributed by atoms with Crippen molar-refractivity contribution in [3.8, 4) is 0 Å². The molecular weight excluding hydrogens is 334 g/mol. The number of amides is 3. The summed E-state index contributed by atoms with van der Waals surface area (Å²) in [6, 6.07) is 0.302. The molecule has 2 rings (SSSR count). The third-order valence-electron chi connectivity index (χ3n) is 4.38. The van der Waals surface area contributed by atoms with E-state index in [0.717, 1.165) is 12.8 Å². The molecular formula is C19H35N3O4. The van der Waals surface area contributed by atoms with Crippen molar-refractivity contribution in [2.45, 2.75) is 96.2 Å². The Morgan fingerprint density at radius 3 is 2.08 bits per heavy atom. The number of piperidine rings is 1. The normalized spacial score (nSPS) is 22.2. The van der Waals surface area contributed by atoms with Crippen LogP contribution in [0.5, 0.6) is 0 Å². The van der Waals surface area contributed by atoms with Gasteiger partial charge in [0.15, 0.2) is 0 Å². The zero-order chi connectivity index (χ0) is 19.6. The van der Waals surface area contributed by atoms with Crippen LogP contribution < -0.4 is 16.0 Å². The molecule has 0 bridgehead atoms. The van der Waals surface area contributed by atoms with Crippen molar-refractivity contribution >= 4 is 17.9 Å². The first-order valence-electron chi connectivity index (χ1n) is 9.71. The summed E-state index contributed by atoms with van der Waals surface area (Å²) in [5, 5.41) is 8.20. The van der Waals surface area contributed by atoms with Gasteiger partial charge in [-0.15, -0.1) is 0 Å². The van der Waals surface area contributed by atoms with Crippen LogP contribution in [0.25, 0.3) is 0 Å². The van der Waals surface area contributed by atoms with E-state index in [4.69, 9.17) is 4.74 Å². The Kier molecular flexibility index (Phi) is 9.62. The van der Waals surface area contributed by atoms with E-state index >= 15 is 0 Å². The Labute approximate surface area is 157 Å².